The molecule has 1 saturated carbocycles. The van der Waals surface area contributed by atoms with Crippen LogP contribution in [0.1, 0.15) is 37.7 Å². The molecule has 18 heavy (non-hydrogen) atoms. The summed E-state index contributed by atoms with van der Waals surface area (Å²) in [5.74, 6) is 5.75. The van der Waals surface area contributed by atoms with Gasteiger partial charge in [0, 0.05) is 7.11 Å². The SMILES string of the molecule is COC1(C(CCc2ccccc2)NN)CCCC1. The van der Waals surface area contributed by atoms with E-state index in [1.807, 2.05) is 7.11 Å². The lowest BCUT2D eigenvalue weighted by Gasteiger charge is -2.36. The minimum absolute atomic E-state index is 0.0521. The number of hydrogen-bond acceptors (Lipinski definition) is 3. The van der Waals surface area contributed by atoms with E-state index in [2.05, 4.69) is 35.8 Å². The second-order valence-corrected chi connectivity index (χ2v) is 5.22. The third kappa shape index (κ3) is 2.91. The van der Waals surface area contributed by atoms with Crippen LogP contribution in [0.4, 0.5) is 0 Å². The predicted octanol–water partition coefficient (Wildman–Crippen LogP) is 2.41. The van der Waals surface area contributed by atoms with Crippen molar-refractivity contribution in [3.8, 4) is 0 Å². The van der Waals surface area contributed by atoms with Crippen molar-refractivity contribution >= 4 is 0 Å². The van der Waals surface area contributed by atoms with Crippen LogP contribution < -0.4 is 11.3 Å². The standard InChI is InChI=1S/C15H24N2O/c1-18-15(11-5-6-12-15)14(17-16)10-9-13-7-3-2-4-8-13/h2-4,7-8,14,17H,5-6,9-12,16H2,1H3. The summed E-state index contributed by atoms with van der Waals surface area (Å²) in [6.45, 7) is 0. The first-order chi connectivity index (χ1) is 8.80. The Kier molecular flexibility index (Phi) is 4.75. The number of nitrogens with two attached hydrogens (primary N) is 1. The van der Waals surface area contributed by atoms with Crippen LogP contribution in [-0.4, -0.2) is 18.8 Å². The summed E-state index contributed by atoms with van der Waals surface area (Å²) in [5, 5.41) is 0. The minimum Gasteiger partial charge on any atom is -0.377 e. The second kappa shape index (κ2) is 6.32. The quantitative estimate of drug-likeness (QED) is 0.600. The predicted molar refractivity (Wildman–Crippen MR) is 74.1 cm³/mol. The molecule has 0 aliphatic heterocycles. The zero-order valence-electron chi connectivity index (χ0n) is 11.2. The number of aryl methyl sites for hydroxylation is 1. The molecule has 3 N–H and O–H groups in total. The average molecular weight is 248 g/mol. The van der Waals surface area contributed by atoms with Crippen LogP contribution in [-0.2, 0) is 11.2 Å². The lowest BCUT2D eigenvalue weighted by Crippen LogP contribution is -2.53. The molecule has 1 fully saturated rings. The topological polar surface area (TPSA) is 47.3 Å². The zero-order chi connectivity index (χ0) is 12.8. The summed E-state index contributed by atoms with van der Waals surface area (Å²) in [5.41, 5.74) is 4.29. The van der Waals surface area contributed by atoms with Crippen LogP contribution in [0.15, 0.2) is 30.3 Å². The van der Waals surface area contributed by atoms with Gasteiger partial charge in [0.1, 0.15) is 0 Å². The Morgan fingerprint density at radius 2 is 1.94 bits per heavy atom. The van der Waals surface area contributed by atoms with E-state index in [9.17, 15) is 0 Å². The van der Waals surface area contributed by atoms with Crippen LogP contribution in [0.5, 0.6) is 0 Å². The van der Waals surface area contributed by atoms with E-state index in [-0.39, 0.29) is 11.6 Å². The molecule has 1 aliphatic carbocycles. The molecule has 0 spiro atoms. The van der Waals surface area contributed by atoms with Gasteiger partial charge < -0.3 is 4.74 Å². The maximum absolute atomic E-state index is 5.80. The fourth-order valence-electron chi connectivity index (χ4n) is 3.12. The van der Waals surface area contributed by atoms with Gasteiger partial charge in [0.2, 0.25) is 0 Å². The van der Waals surface area contributed by atoms with Crippen LogP contribution in [0.3, 0.4) is 0 Å². The highest BCUT2D eigenvalue weighted by Gasteiger charge is 2.40. The number of methoxy groups -OCH3 is 1. The smallest absolute Gasteiger partial charge is 0.0844 e. The molecule has 0 saturated heterocycles. The summed E-state index contributed by atoms with van der Waals surface area (Å²) in [6.07, 6.45) is 6.80. The molecule has 0 heterocycles. The number of rotatable bonds is 6. The molecule has 3 heteroatoms. The molecule has 1 aliphatic rings. The van der Waals surface area contributed by atoms with E-state index in [0.29, 0.717) is 0 Å². The summed E-state index contributed by atoms with van der Waals surface area (Å²) in [7, 11) is 1.82. The summed E-state index contributed by atoms with van der Waals surface area (Å²) in [4.78, 5) is 0. The summed E-state index contributed by atoms with van der Waals surface area (Å²) in [6, 6.07) is 10.8. The molecule has 1 aromatic rings. The van der Waals surface area contributed by atoms with E-state index in [0.717, 1.165) is 25.7 Å². The van der Waals surface area contributed by atoms with E-state index in [1.165, 1.54) is 18.4 Å². The molecule has 2 rings (SSSR count). The van der Waals surface area contributed by atoms with Gasteiger partial charge in [0.15, 0.2) is 0 Å². The Balaban J connectivity index is 1.96. The van der Waals surface area contributed by atoms with Gasteiger partial charge in [0.25, 0.3) is 0 Å². The minimum atomic E-state index is -0.0521. The number of hydrazine groups is 1. The fourth-order valence-corrected chi connectivity index (χ4v) is 3.12. The zero-order valence-corrected chi connectivity index (χ0v) is 11.2. The molecular formula is C15H24N2O. The third-order valence-electron chi connectivity index (χ3n) is 4.26. The molecule has 0 aromatic heterocycles. The van der Waals surface area contributed by atoms with Crippen molar-refractivity contribution in [1.82, 2.24) is 5.43 Å². The first kappa shape index (κ1) is 13.5. The van der Waals surface area contributed by atoms with Gasteiger partial charge in [0.05, 0.1) is 11.6 Å². The van der Waals surface area contributed by atoms with E-state index in [1.54, 1.807) is 0 Å². The van der Waals surface area contributed by atoms with Gasteiger partial charge in [-0.2, -0.15) is 0 Å². The van der Waals surface area contributed by atoms with Crippen molar-refractivity contribution in [3.05, 3.63) is 35.9 Å². The van der Waals surface area contributed by atoms with E-state index < -0.39 is 0 Å². The van der Waals surface area contributed by atoms with Gasteiger partial charge in [-0.3, -0.25) is 11.3 Å². The number of hydrogen-bond donors (Lipinski definition) is 2. The van der Waals surface area contributed by atoms with Crippen molar-refractivity contribution in [2.75, 3.05) is 7.11 Å². The van der Waals surface area contributed by atoms with E-state index in [4.69, 9.17) is 10.6 Å². The highest BCUT2D eigenvalue weighted by molar-refractivity contribution is 5.15. The Bertz CT molecular complexity index is 347. The summed E-state index contributed by atoms with van der Waals surface area (Å²) < 4.78 is 5.80. The van der Waals surface area contributed by atoms with Crippen LogP contribution in [0.25, 0.3) is 0 Å². The van der Waals surface area contributed by atoms with Crippen molar-refractivity contribution < 1.29 is 4.74 Å². The molecule has 1 unspecified atom stereocenters. The Labute approximate surface area is 110 Å². The molecule has 3 nitrogen and oxygen atoms in total. The Hall–Kier alpha value is -0.900. The van der Waals surface area contributed by atoms with Gasteiger partial charge in [-0.25, -0.2) is 0 Å². The normalized spacial score (nSPS) is 19.9. The molecule has 0 bridgehead atoms. The van der Waals surface area contributed by atoms with Crippen LogP contribution in [0.2, 0.25) is 0 Å². The molecule has 1 aromatic carbocycles. The largest absolute Gasteiger partial charge is 0.377 e. The lowest BCUT2D eigenvalue weighted by atomic mass is 9.88. The number of ether oxygens (including phenoxy) is 1. The van der Waals surface area contributed by atoms with E-state index >= 15 is 0 Å². The third-order valence-corrected chi connectivity index (χ3v) is 4.26. The molecule has 100 valence electrons. The Morgan fingerprint density at radius 3 is 2.50 bits per heavy atom. The Morgan fingerprint density at radius 1 is 1.28 bits per heavy atom. The lowest BCUT2D eigenvalue weighted by molar-refractivity contribution is -0.0377. The van der Waals surface area contributed by atoms with Gasteiger partial charge in [-0.05, 0) is 31.2 Å². The number of nitrogens with one attached hydrogen (secondary N) is 1. The maximum Gasteiger partial charge on any atom is 0.0844 e. The molecule has 1 atom stereocenters. The van der Waals surface area contributed by atoms with Crippen molar-refractivity contribution in [3.63, 3.8) is 0 Å². The first-order valence-electron chi connectivity index (χ1n) is 6.86. The molecular weight excluding hydrogens is 224 g/mol. The van der Waals surface area contributed by atoms with Gasteiger partial charge in [-0.1, -0.05) is 43.2 Å². The fraction of sp³-hybridized carbons (Fsp3) is 0.600. The van der Waals surface area contributed by atoms with Crippen molar-refractivity contribution in [1.29, 1.82) is 0 Å². The molecule has 0 amide bonds. The highest BCUT2D eigenvalue weighted by Crippen LogP contribution is 2.36. The molecule has 0 radical (unpaired) electrons. The van der Waals surface area contributed by atoms with Crippen molar-refractivity contribution in [2.24, 2.45) is 5.84 Å². The second-order valence-electron chi connectivity index (χ2n) is 5.22. The number of benzene rings is 1. The summed E-state index contributed by atoms with van der Waals surface area (Å²) >= 11 is 0. The van der Waals surface area contributed by atoms with Crippen LogP contribution >= 0.6 is 0 Å². The maximum atomic E-state index is 5.80. The van der Waals surface area contributed by atoms with Crippen molar-refractivity contribution in [2.45, 2.75) is 50.2 Å². The van der Waals surface area contributed by atoms with Gasteiger partial charge >= 0.3 is 0 Å². The highest BCUT2D eigenvalue weighted by atomic mass is 16.5. The van der Waals surface area contributed by atoms with Crippen LogP contribution in [0, 0.1) is 0 Å². The monoisotopic (exact) mass is 248 g/mol. The van der Waals surface area contributed by atoms with Gasteiger partial charge in [-0.15, -0.1) is 0 Å². The first-order valence-corrected chi connectivity index (χ1v) is 6.86. The average Bonchev–Trinajstić information content (AvgIpc) is 2.91.